The number of esters is 1. The van der Waals surface area contributed by atoms with Crippen LogP contribution in [0.4, 0.5) is 0 Å². The van der Waals surface area contributed by atoms with Crippen LogP contribution in [0, 0.1) is 5.41 Å². The lowest BCUT2D eigenvalue weighted by Gasteiger charge is -2.12. The van der Waals surface area contributed by atoms with E-state index in [1.54, 1.807) is 27.7 Å². The van der Waals surface area contributed by atoms with Gasteiger partial charge in [-0.15, -0.1) is 0 Å². The Labute approximate surface area is 78.8 Å². The van der Waals surface area contributed by atoms with E-state index in [2.05, 4.69) is 4.74 Å². The van der Waals surface area contributed by atoms with E-state index >= 15 is 0 Å². The van der Waals surface area contributed by atoms with Gasteiger partial charge in [-0.2, -0.15) is 0 Å². The molecule has 0 saturated heterocycles. The lowest BCUT2D eigenvalue weighted by Crippen LogP contribution is -2.17. The Balaban J connectivity index is 4.13. The molecule has 0 fully saturated rings. The molecule has 0 amide bonds. The van der Waals surface area contributed by atoms with Crippen molar-refractivity contribution in [3.63, 3.8) is 0 Å². The molecule has 0 spiro atoms. The smallest absolute Gasteiger partial charge is 0.330 e. The van der Waals surface area contributed by atoms with Crippen LogP contribution in [0.3, 0.4) is 0 Å². The van der Waals surface area contributed by atoms with Crippen LogP contribution in [0.1, 0.15) is 27.7 Å². The van der Waals surface area contributed by atoms with Crippen molar-refractivity contribution >= 4 is 11.8 Å². The Kier molecular flexibility index (Phi) is 4.38. The normalized spacial score (nSPS) is 11.7. The van der Waals surface area contributed by atoms with Gasteiger partial charge >= 0.3 is 5.97 Å². The molecule has 0 atom stereocenters. The van der Waals surface area contributed by atoms with Crippen molar-refractivity contribution < 1.29 is 14.3 Å². The maximum Gasteiger partial charge on any atom is 0.330 e. The minimum Gasteiger partial charge on any atom is -0.463 e. The number of hydrogen-bond donors (Lipinski definition) is 0. The van der Waals surface area contributed by atoms with Crippen LogP contribution in [0.5, 0.6) is 0 Å². The zero-order valence-corrected chi connectivity index (χ0v) is 8.59. The minimum atomic E-state index is -0.472. The van der Waals surface area contributed by atoms with Crippen LogP contribution in [-0.4, -0.2) is 18.4 Å². The van der Waals surface area contributed by atoms with Crippen LogP contribution in [-0.2, 0) is 14.3 Å². The zero-order valence-electron chi connectivity index (χ0n) is 8.59. The van der Waals surface area contributed by atoms with E-state index < -0.39 is 11.4 Å². The molecule has 0 N–H and O–H groups in total. The molecule has 0 rings (SSSR count). The molecule has 0 aromatic rings. The minimum absolute atomic E-state index is 0.0828. The number of hydrogen-bond acceptors (Lipinski definition) is 3. The Hall–Kier alpha value is -1.12. The van der Waals surface area contributed by atoms with Gasteiger partial charge in [-0.25, -0.2) is 4.79 Å². The van der Waals surface area contributed by atoms with Crippen LogP contribution >= 0.6 is 0 Å². The average molecular weight is 184 g/mol. The number of ketones is 1. The van der Waals surface area contributed by atoms with Gasteiger partial charge in [-0.05, 0) is 13.0 Å². The number of carbonyl (C=O) groups excluding carboxylic acids is 2. The molecule has 13 heavy (non-hydrogen) atoms. The first kappa shape index (κ1) is 11.9. The number of rotatable bonds is 3. The number of ether oxygens (including phenoxy) is 1. The average Bonchev–Trinajstić information content (AvgIpc) is 1.99. The van der Waals surface area contributed by atoms with Crippen molar-refractivity contribution in [3.8, 4) is 0 Å². The van der Waals surface area contributed by atoms with Crippen molar-refractivity contribution in [3.05, 3.63) is 12.2 Å². The zero-order chi connectivity index (χ0) is 10.5. The van der Waals surface area contributed by atoms with E-state index in [1.807, 2.05) is 0 Å². The standard InChI is InChI=1S/C10H16O3/c1-5-13-9(12)7-6-8(11)10(2,3)4/h6-7H,5H2,1-4H3. The summed E-state index contributed by atoms with van der Waals surface area (Å²) in [6.07, 6.45) is 2.43. The third-order valence-electron chi connectivity index (χ3n) is 1.40. The molecule has 0 aliphatic carbocycles. The molecule has 0 unspecified atom stereocenters. The molecule has 3 heteroatoms. The van der Waals surface area contributed by atoms with Crippen molar-refractivity contribution in [2.45, 2.75) is 27.7 Å². The molecule has 74 valence electrons. The summed E-state index contributed by atoms with van der Waals surface area (Å²) in [5.74, 6) is -0.555. The second-order valence-corrected chi connectivity index (χ2v) is 3.70. The highest BCUT2D eigenvalue weighted by Gasteiger charge is 2.18. The molecular weight excluding hydrogens is 168 g/mol. The van der Waals surface area contributed by atoms with Crippen molar-refractivity contribution in [1.82, 2.24) is 0 Å². The Morgan fingerprint density at radius 2 is 1.77 bits per heavy atom. The largest absolute Gasteiger partial charge is 0.463 e. The molecule has 0 aromatic carbocycles. The maximum atomic E-state index is 11.3. The number of allylic oxidation sites excluding steroid dienone is 1. The first-order valence-electron chi connectivity index (χ1n) is 4.27. The monoisotopic (exact) mass is 184 g/mol. The summed E-state index contributed by atoms with van der Waals surface area (Å²) in [5, 5.41) is 0. The summed E-state index contributed by atoms with van der Waals surface area (Å²) in [4.78, 5) is 22.1. The van der Waals surface area contributed by atoms with Crippen molar-refractivity contribution in [1.29, 1.82) is 0 Å². The molecule has 0 radical (unpaired) electrons. The summed E-state index contributed by atoms with van der Waals surface area (Å²) < 4.78 is 4.63. The molecule has 0 saturated carbocycles. The molecule has 0 aliphatic rings. The predicted molar refractivity (Wildman–Crippen MR) is 50.2 cm³/mol. The third kappa shape index (κ3) is 5.17. The molecule has 0 aromatic heterocycles. The van der Waals surface area contributed by atoms with Crippen molar-refractivity contribution in [2.75, 3.05) is 6.61 Å². The fourth-order valence-corrected chi connectivity index (χ4v) is 0.584. The Morgan fingerprint density at radius 3 is 2.15 bits per heavy atom. The summed E-state index contributed by atoms with van der Waals surface area (Å²) in [5.41, 5.74) is -0.441. The molecular formula is C10H16O3. The van der Waals surface area contributed by atoms with Crippen LogP contribution in [0.25, 0.3) is 0 Å². The highest BCUT2D eigenvalue weighted by molar-refractivity contribution is 5.98. The van der Waals surface area contributed by atoms with Crippen LogP contribution in [0.15, 0.2) is 12.2 Å². The van der Waals surface area contributed by atoms with Gasteiger partial charge in [0.05, 0.1) is 6.61 Å². The fraction of sp³-hybridized carbons (Fsp3) is 0.600. The first-order chi connectivity index (χ1) is 5.88. The van der Waals surface area contributed by atoms with E-state index in [-0.39, 0.29) is 5.78 Å². The highest BCUT2D eigenvalue weighted by atomic mass is 16.5. The maximum absolute atomic E-state index is 11.3. The van der Waals surface area contributed by atoms with Gasteiger partial charge in [0.1, 0.15) is 0 Å². The molecule has 0 heterocycles. The quantitative estimate of drug-likeness (QED) is 0.495. The molecule has 0 bridgehead atoms. The van der Waals surface area contributed by atoms with Crippen LogP contribution < -0.4 is 0 Å². The Bertz CT molecular complexity index is 221. The third-order valence-corrected chi connectivity index (χ3v) is 1.40. The summed E-state index contributed by atoms with van der Waals surface area (Å²) in [7, 11) is 0. The van der Waals surface area contributed by atoms with E-state index in [9.17, 15) is 9.59 Å². The lowest BCUT2D eigenvalue weighted by molar-refractivity contribution is -0.137. The van der Waals surface area contributed by atoms with E-state index in [4.69, 9.17) is 0 Å². The topological polar surface area (TPSA) is 43.4 Å². The van der Waals surface area contributed by atoms with Crippen molar-refractivity contribution in [2.24, 2.45) is 5.41 Å². The van der Waals surface area contributed by atoms with E-state index in [1.165, 1.54) is 6.08 Å². The van der Waals surface area contributed by atoms with E-state index in [0.29, 0.717) is 6.61 Å². The van der Waals surface area contributed by atoms with Gasteiger partial charge in [0.2, 0.25) is 0 Å². The SMILES string of the molecule is CCOC(=O)C=CC(=O)C(C)(C)C. The summed E-state index contributed by atoms with van der Waals surface area (Å²) in [6, 6.07) is 0. The van der Waals surface area contributed by atoms with Gasteiger partial charge in [-0.1, -0.05) is 20.8 Å². The molecule has 0 aliphatic heterocycles. The second kappa shape index (κ2) is 4.80. The second-order valence-electron chi connectivity index (χ2n) is 3.70. The van der Waals surface area contributed by atoms with Gasteiger partial charge in [0, 0.05) is 11.5 Å². The van der Waals surface area contributed by atoms with Gasteiger partial charge in [-0.3, -0.25) is 4.79 Å². The summed E-state index contributed by atoms with van der Waals surface area (Å²) >= 11 is 0. The highest BCUT2D eigenvalue weighted by Crippen LogP contribution is 2.14. The van der Waals surface area contributed by atoms with Gasteiger partial charge < -0.3 is 4.74 Å². The number of carbonyl (C=O) groups is 2. The first-order valence-corrected chi connectivity index (χ1v) is 4.27. The summed E-state index contributed by atoms with van der Waals surface area (Å²) in [6.45, 7) is 7.44. The molecule has 3 nitrogen and oxygen atoms in total. The van der Waals surface area contributed by atoms with Gasteiger partial charge in [0.15, 0.2) is 5.78 Å². The van der Waals surface area contributed by atoms with Crippen LogP contribution in [0.2, 0.25) is 0 Å². The predicted octanol–water partition coefficient (Wildman–Crippen LogP) is 1.72. The lowest BCUT2D eigenvalue weighted by atomic mass is 9.91. The Morgan fingerprint density at radius 1 is 1.23 bits per heavy atom. The van der Waals surface area contributed by atoms with E-state index in [0.717, 1.165) is 6.08 Å². The fourth-order valence-electron chi connectivity index (χ4n) is 0.584. The van der Waals surface area contributed by atoms with Gasteiger partial charge in [0.25, 0.3) is 0 Å².